The molecule has 1 aliphatic carbocycles. The SMILES string of the molecule is CC(=O)Nc1ccc(C(=O)N[C@@H]2CCCC[C@H]2CN2CCCCC2)cc1. The van der Waals surface area contributed by atoms with E-state index >= 15 is 0 Å². The van der Waals surface area contributed by atoms with Crippen LogP contribution in [0.3, 0.4) is 0 Å². The van der Waals surface area contributed by atoms with Crippen LogP contribution in [-0.2, 0) is 4.79 Å². The van der Waals surface area contributed by atoms with Crippen molar-refractivity contribution in [3.63, 3.8) is 0 Å². The van der Waals surface area contributed by atoms with Crippen LogP contribution < -0.4 is 10.6 Å². The van der Waals surface area contributed by atoms with Crippen molar-refractivity contribution in [2.75, 3.05) is 25.0 Å². The molecule has 2 N–H and O–H groups in total. The summed E-state index contributed by atoms with van der Waals surface area (Å²) in [5.74, 6) is 0.448. The Morgan fingerprint density at radius 1 is 1.00 bits per heavy atom. The van der Waals surface area contributed by atoms with E-state index in [-0.39, 0.29) is 17.9 Å². The molecular weight excluding hydrogens is 326 g/mol. The molecule has 1 aromatic carbocycles. The molecule has 2 fully saturated rings. The fourth-order valence-electron chi connectivity index (χ4n) is 4.25. The minimum Gasteiger partial charge on any atom is -0.349 e. The normalized spacial score (nSPS) is 24.0. The van der Waals surface area contributed by atoms with Crippen LogP contribution >= 0.6 is 0 Å². The highest BCUT2D eigenvalue weighted by molar-refractivity contribution is 5.95. The van der Waals surface area contributed by atoms with Crippen molar-refractivity contribution in [1.29, 1.82) is 0 Å². The Hall–Kier alpha value is -1.88. The number of carbonyl (C=O) groups is 2. The first kappa shape index (κ1) is 18.9. The van der Waals surface area contributed by atoms with Crippen LogP contribution in [0.2, 0.25) is 0 Å². The number of rotatable bonds is 5. The first-order chi connectivity index (χ1) is 12.6. The third kappa shape index (κ3) is 5.31. The van der Waals surface area contributed by atoms with Crippen molar-refractivity contribution < 1.29 is 9.59 Å². The zero-order chi connectivity index (χ0) is 18.4. The van der Waals surface area contributed by atoms with E-state index in [0.717, 1.165) is 18.7 Å². The smallest absolute Gasteiger partial charge is 0.251 e. The lowest BCUT2D eigenvalue weighted by molar-refractivity contribution is -0.114. The number of piperidine rings is 1. The Labute approximate surface area is 156 Å². The molecule has 5 nitrogen and oxygen atoms in total. The van der Waals surface area contributed by atoms with Crippen molar-refractivity contribution in [2.24, 2.45) is 5.92 Å². The summed E-state index contributed by atoms with van der Waals surface area (Å²) < 4.78 is 0. The van der Waals surface area contributed by atoms with Gasteiger partial charge in [-0.15, -0.1) is 0 Å². The van der Waals surface area contributed by atoms with E-state index in [9.17, 15) is 9.59 Å². The number of carbonyl (C=O) groups excluding carboxylic acids is 2. The minimum atomic E-state index is -0.107. The van der Waals surface area contributed by atoms with E-state index in [1.807, 2.05) is 0 Å². The second-order valence-corrected chi connectivity index (χ2v) is 7.74. The monoisotopic (exact) mass is 357 g/mol. The Kier molecular flexibility index (Phi) is 6.67. The summed E-state index contributed by atoms with van der Waals surface area (Å²) in [5, 5.41) is 6.01. The summed E-state index contributed by atoms with van der Waals surface area (Å²) >= 11 is 0. The van der Waals surface area contributed by atoms with Crippen molar-refractivity contribution in [2.45, 2.75) is 57.9 Å². The van der Waals surface area contributed by atoms with Gasteiger partial charge in [0.25, 0.3) is 5.91 Å². The van der Waals surface area contributed by atoms with Crippen LogP contribution in [0.5, 0.6) is 0 Å². The molecule has 2 aliphatic rings. The fraction of sp³-hybridized carbons (Fsp3) is 0.619. The van der Waals surface area contributed by atoms with E-state index in [1.165, 1.54) is 58.5 Å². The molecule has 26 heavy (non-hydrogen) atoms. The lowest BCUT2D eigenvalue weighted by Crippen LogP contribution is -2.47. The average molecular weight is 357 g/mol. The summed E-state index contributed by atoms with van der Waals surface area (Å²) in [4.78, 5) is 26.4. The molecule has 0 radical (unpaired) electrons. The number of nitrogens with zero attached hydrogens (tertiary/aromatic N) is 1. The topological polar surface area (TPSA) is 61.4 Å². The second kappa shape index (κ2) is 9.17. The number of hydrogen-bond acceptors (Lipinski definition) is 3. The number of likely N-dealkylation sites (tertiary alicyclic amines) is 1. The summed E-state index contributed by atoms with van der Waals surface area (Å²) in [6, 6.07) is 7.39. The number of hydrogen-bond donors (Lipinski definition) is 2. The predicted octanol–water partition coefficient (Wildman–Crippen LogP) is 3.42. The Morgan fingerprint density at radius 3 is 2.38 bits per heavy atom. The van der Waals surface area contributed by atoms with Crippen molar-refractivity contribution in [3.05, 3.63) is 29.8 Å². The zero-order valence-corrected chi connectivity index (χ0v) is 15.8. The van der Waals surface area contributed by atoms with Gasteiger partial charge < -0.3 is 15.5 Å². The molecule has 2 amide bonds. The Bertz CT molecular complexity index is 608. The van der Waals surface area contributed by atoms with Crippen LogP contribution in [0.1, 0.15) is 62.2 Å². The maximum Gasteiger partial charge on any atom is 0.251 e. The van der Waals surface area contributed by atoms with Gasteiger partial charge in [-0.05, 0) is 69.0 Å². The highest BCUT2D eigenvalue weighted by atomic mass is 16.2. The third-order valence-electron chi connectivity index (χ3n) is 5.63. The highest BCUT2D eigenvalue weighted by Crippen LogP contribution is 2.26. The summed E-state index contributed by atoms with van der Waals surface area (Å²) in [6.07, 6.45) is 8.74. The quantitative estimate of drug-likeness (QED) is 0.849. The maximum absolute atomic E-state index is 12.7. The second-order valence-electron chi connectivity index (χ2n) is 7.74. The maximum atomic E-state index is 12.7. The number of anilines is 1. The lowest BCUT2D eigenvalue weighted by Gasteiger charge is -2.37. The molecular formula is C21H31N3O2. The first-order valence-electron chi connectivity index (χ1n) is 10.0. The largest absolute Gasteiger partial charge is 0.349 e. The van der Waals surface area contributed by atoms with Gasteiger partial charge in [0, 0.05) is 30.8 Å². The van der Waals surface area contributed by atoms with E-state index in [1.54, 1.807) is 24.3 Å². The predicted molar refractivity (Wildman–Crippen MR) is 104 cm³/mol. The molecule has 1 saturated carbocycles. The van der Waals surface area contributed by atoms with E-state index < -0.39 is 0 Å². The van der Waals surface area contributed by atoms with Gasteiger partial charge in [-0.1, -0.05) is 19.3 Å². The summed E-state index contributed by atoms with van der Waals surface area (Å²) in [6.45, 7) is 5.02. The number of benzene rings is 1. The molecule has 2 atom stereocenters. The molecule has 0 aromatic heterocycles. The first-order valence-corrected chi connectivity index (χ1v) is 10.0. The molecule has 142 valence electrons. The van der Waals surface area contributed by atoms with Crippen molar-refractivity contribution in [3.8, 4) is 0 Å². The van der Waals surface area contributed by atoms with Crippen LogP contribution in [0.25, 0.3) is 0 Å². The molecule has 1 heterocycles. The molecule has 0 spiro atoms. The molecule has 3 rings (SSSR count). The molecule has 0 unspecified atom stereocenters. The van der Waals surface area contributed by atoms with Gasteiger partial charge in [0.2, 0.25) is 5.91 Å². The standard InChI is InChI=1S/C21H31N3O2/c1-16(25)22-19-11-9-17(10-12-19)21(26)23-20-8-4-3-7-18(20)15-24-13-5-2-6-14-24/h9-12,18,20H,2-8,13-15H2,1H3,(H,22,25)(H,23,26)/t18-,20+/m0/s1. The third-order valence-corrected chi connectivity index (χ3v) is 5.63. The van der Waals surface area contributed by atoms with Gasteiger partial charge in [0.15, 0.2) is 0 Å². The number of amides is 2. The van der Waals surface area contributed by atoms with E-state index in [2.05, 4.69) is 15.5 Å². The summed E-state index contributed by atoms with van der Waals surface area (Å²) in [7, 11) is 0. The molecule has 1 saturated heterocycles. The average Bonchev–Trinajstić information content (AvgIpc) is 2.64. The van der Waals surface area contributed by atoms with Gasteiger partial charge in [-0.3, -0.25) is 9.59 Å². The fourth-order valence-corrected chi connectivity index (χ4v) is 4.25. The van der Waals surface area contributed by atoms with Gasteiger partial charge in [-0.25, -0.2) is 0 Å². The van der Waals surface area contributed by atoms with Crippen LogP contribution in [-0.4, -0.2) is 42.4 Å². The van der Waals surface area contributed by atoms with Crippen molar-refractivity contribution >= 4 is 17.5 Å². The van der Waals surface area contributed by atoms with Gasteiger partial charge in [0.1, 0.15) is 0 Å². The molecule has 5 heteroatoms. The molecule has 1 aromatic rings. The highest BCUT2D eigenvalue weighted by Gasteiger charge is 2.28. The van der Waals surface area contributed by atoms with Crippen LogP contribution in [0.4, 0.5) is 5.69 Å². The van der Waals surface area contributed by atoms with E-state index in [4.69, 9.17) is 0 Å². The van der Waals surface area contributed by atoms with Crippen LogP contribution in [0, 0.1) is 5.92 Å². The molecule has 1 aliphatic heterocycles. The molecule has 0 bridgehead atoms. The zero-order valence-electron chi connectivity index (χ0n) is 15.8. The minimum absolute atomic E-state index is 0.00470. The van der Waals surface area contributed by atoms with Gasteiger partial charge >= 0.3 is 0 Å². The Balaban J connectivity index is 1.57. The number of nitrogens with one attached hydrogen (secondary N) is 2. The van der Waals surface area contributed by atoms with E-state index in [0.29, 0.717) is 11.5 Å². The van der Waals surface area contributed by atoms with Crippen molar-refractivity contribution in [1.82, 2.24) is 10.2 Å². The van der Waals surface area contributed by atoms with Crippen LogP contribution in [0.15, 0.2) is 24.3 Å². The van der Waals surface area contributed by atoms with Gasteiger partial charge in [-0.2, -0.15) is 0 Å². The lowest BCUT2D eigenvalue weighted by atomic mass is 9.83. The van der Waals surface area contributed by atoms with Gasteiger partial charge in [0.05, 0.1) is 0 Å². The Morgan fingerprint density at radius 2 is 1.69 bits per heavy atom. The summed E-state index contributed by atoms with van der Waals surface area (Å²) in [5.41, 5.74) is 1.37.